The van der Waals surface area contributed by atoms with Crippen molar-refractivity contribution in [2.24, 2.45) is 0 Å². The van der Waals surface area contributed by atoms with Gasteiger partial charge < -0.3 is 4.42 Å². The molecule has 0 bridgehead atoms. The molecule has 0 aliphatic rings. The molecule has 0 N–H and O–H groups in total. The Balaban J connectivity index is 2.19. The Bertz CT molecular complexity index is 610. The van der Waals surface area contributed by atoms with Crippen LogP contribution in [0, 0.1) is 6.92 Å². The lowest BCUT2D eigenvalue weighted by atomic mass is 10.3. The van der Waals surface area contributed by atoms with Gasteiger partial charge in [0.25, 0.3) is 0 Å². The van der Waals surface area contributed by atoms with Gasteiger partial charge in [-0.05, 0) is 31.2 Å². The standard InChI is InChI=1S/C13H10N2O/c1-9-5-4-7-11(14-9)13-15-10-6-2-3-8-12(10)16-13/h2-8H,1H3. The van der Waals surface area contributed by atoms with E-state index in [0.29, 0.717) is 5.89 Å². The van der Waals surface area contributed by atoms with Crippen LogP contribution in [-0.4, -0.2) is 9.97 Å². The lowest BCUT2D eigenvalue weighted by molar-refractivity contribution is 0.616. The summed E-state index contributed by atoms with van der Waals surface area (Å²) in [5, 5.41) is 0. The van der Waals surface area contributed by atoms with Gasteiger partial charge in [-0.2, -0.15) is 0 Å². The predicted molar refractivity (Wildman–Crippen MR) is 62.0 cm³/mol. The van der Waals surface area contributed by atoms with Gasteiger partial charge in [0.2, 0.25) is 5.89 Å². The Hall–Kier alpha value is -2.16. The average Bonchev–Trinajstić information content (AvgIpc) is 2.72. The molecule has 0 spiro atoms. The van der Waals surface area contributed by atoms with Crippen LogP contribution in [0.25, 0.3) is 22.7 Å². The fourth-order valence-corrected chi connectivity index (χ4v) is 1.64. The minimum Gasteiger partial charge on any atom is -0.435 e. The molecule has 0 amide bonds. The SMILES string of the molecule is Cc1cccc(-c2nc3ccccc3o2)n1. The number of nitrogens with zero attached hydrogens (tertiary/aromatic N) is 2. The molecule has 0 aliphatic carbocycles. The highest BCUT2D eigenvalue weighted by molar-refractivity contribution is 5.75. The highest BCUT2D eigenvalue weighted by atomic mass is 16.3. The van der Waals surface area contributed by atoms with Gasteiger partial charge in [0, 0.05) is 5.69 Å². The summed E-state index contributed by atoms with van der Waals surface area (Å²) in [4.78, 5) is 8.78. The van der Waals surface area contributed by atoms with E-state index in [1.807, 2.05) is 49.4 Å². The van der Waals surface area contributed by atoms with Crippen LogP contribution in [0.2, 0.25) is 0 Å². The van der Waals surface area contributed by atoms with E-state index >= 15 is 0 Å². The van der Waals surface area contributed by atoms with Gasteiger partial charge >= 0.3 is 0 Å². The molecule has 3 rings (SSSR count). The monoisotopic (exact) mass is 210 g/mol. The van der Waals surface area contributed by atoms with Crippen molar-refractivity contribution < 1.29 is 4.42 Å². The quantitative estimate of drug-likeness (QED) is 0.619. The van der Waals surface area contributed by atoms with E-state index in [4.69, 9.17) is 4.42 Å². The second-order valence-corrected chi connectivity index (χ2v) is 3.65. The normalized spacial score (nSPS) is 10.8. The topological polar surface area (TPSA) is 38.9 Å². The molecule has 0 saturated carbocycles. The summed E-state index contributed by atoms with van der Waals surface area (Å²) in [7, 11) is 0. The first-order chi connectivity index (χ1) is 7.83. The number of fused-ring (bicyclic) bond motifs is 1. The molecule has 2 aromatic heterocycles. The van der Waals surface area contributed by atoms with Gasteiger partial charge in [-0.1, -0.05) is 18.2 Å². The van der Waals surface area contributed by atoms with Crippen molar-refractivity contribution in [1.29, 1.82) is 0 Å². The first-order valence-electron chi connectivity index (χ1n) is 5.12. The molecule has 3 heteroatoms. The predicted octanol–water partition coefficient (Wildman–Crippen LogP) is 3.20. The highest BCUT2D eigenvalue weighted by Crippen LogP contribution is 2.22. The first kappa shape index (κ1) is 9.09. The second-order valence-electron chi connectivity index (χ2n) is 3.65. The number of aryl methyl sites for hydroxylation is 1. The number of rotatable bonds is 1. The second kappa shape index (κ2) is 3.45. The van der Waals surface area contributed by atoms with Crippen LogP contribution in [0.4, 0.5) is 0 Å². The van der Waals surface area contributed by atoms with Crippen LogP contribution >= 0.6 is 0 Å². The molecule has 0 fully saturated rings. The molecule has 0 aliphatic heterocycles. The van der Waals surface area contributed by atoms with Crippen molar-refractivity contribution in [2.45, 2.75) is 6.92 Å². The summed E-state index contributed by atoms with van der Waals surface area (Å²) in [6.45, 7) is 1.95. The Morgan fingerprint density at radius 1 is 0.938 bits per heavy atom. The molecule has 3 aromatic rings. The molecular weight excluding hydrogens is 200 g/mol. The van der Waals surface area contributed by atoms with Crippen molar-refractivity contribution >= 4 is 11.1 Å². The summed E-state index contributed by atoms with van der Waals surface area (Å²) in [5.74, 6) is 0.574. The Morgan fingerprint density at radius 2 is 1.81 bits per heavy atom. The van der Waals surface area contributed by atoms with Crippen LogP contribution in [0.3, 0.4) is 0 Å². The van der Waals surface area contributed by atoms with Crippen LogP contribution in [-0.2, 0) is 0 Å². The van der Waals surface area contributed by atoms with Gasteiger partial charge in [0.05, 0.1) is 0 Å². The lowest BCUT2D eigenvalue weighted by Crippen LogP contribution is -1.85. The van der Waals surface area contributed by atoms with Crippen LogP contribution in [0.15, 0.2) is 46.9 Å². The van der Waals surface area contributed by atoms with Crippen LogP contribution in [0.1, 0.15) is 5.69 Å². The Labute approximate surface area is 92.8 Å². The average molecular weight is 210 g/mol. The van der Waals surface area contributed by atoms with E-state index in [9.17, 15) is 0 Å². The number of hydrogen-bond acceptors (Lipinski definition) is 3. The summed E-state index contributed by atoms with van der Waals surface area (Å²) >= 11 is 0. The number of pyridine rings is 1. The maximum Gasteiger partial charge on any atom is 0.246 e. The summed E-state index contributed by atoms with van der Waals surface area (Å²) in [6.07, 6.45) is 0. The summed E-state index contributed by atoms with van der Waals surface area (Å²) < 4.78 is 5.64. The van der Waals surface area contributed by atoms with Gasteiger partial charge in [0.1, 0.15) is 11.2 Å². The third kappa shape index (κ3) is 1.46. The van der Waals surface area contributed by atoms with E-state index in [1.165, 1.54) is 0 Å². The maximum atomic E-state index is 5.64. The van der Waals surface area contributed by atoms with Crippen molar-refractivity contribution in [3.63, 3.8) is 0 Å². The molecular formula is C13H10N2O. The molecule has 3 nitrogen and oxygen atoms in total. The molecule has 2 heterocycles. The number of benzene rings is 1. The molecule has 0 saturated heterocycles. The highest BCUT2D eigenvalue weighted by Gasteiger charge is 2.08. The largest absolute Gasteiger partial charge is 0.435 e. The third-order valence-corrected chi connectivity index (χ3v) is 2.40. The van der Waals surface area contributed by atoms with Crippen molar-refractivity contribution in [1.82, 2.24) is 9.97 Å². The minimum atomic E-state index is 0.574. The molecule has 0 unspecified atom stereocenters. The van der Waals surface area contributed by atoms with Crippen molar-refractivity contribution in [3.8, 4) is 11.6 Å². The zero-order valence-corrected chi connectivity index (χ0v) is 8.84. The Kier molecular flexibility index (Phi) is 1.96. The smallest absolute Gasteiger partial charge is 0.246 e. The zero-order valence-electron chi connectivity index (χ0n) is 8.84. The number of oxazole rings is 1. The summed E-state index contributed by atoms with van der Waals surface area (Å²) in [6, 6.07) is 13.5. The van der Waals surface area contributed by atoms with E-state index in [1.54, 1.807) is 0 Å². The van der Waals surface area contributed by atoms with E-state index in [0.717, 1.165) is 22.5 Å². The molecule has 1 aromatic carbocycles. The first-order valence-corrected chi connectivity index (χ1v) is 5.12. The molecule has 0 radical (unpaired) electrons. The summed E-state index contributed by atoms with van der Waals surface area (Å²) in [5.41, 5.74) is 3.39. The third-order valence-electron chi connectivity index (χ3n) is 2.40. The number of aromatic nitrogens is 2. The van der Waals surface area contributed by atoms with Gasteiger partial charge in [0.15, 0.2) is 5.58 Å². The fraction of sp³-hybridized carbons (Fsp3) is 0.0769. The Morgan fingerprint density at radius 3 is 2.62 bits per heavy atom. The number of para-hydroxylation sites is 2. The van der Waals surface area contributed by atoms with Crippen LogP contribution in [0.5, 0.6) is 0 Å². The van der Waals surface area contributed by atoms with Gasteiger partial charge in [-0.15, -0.1) is 0 Å². The maximum absolute atomic E-state index is 5.64. The molecule has 16 heavy (non-hydrogen) atoms. The lowest BCUT2D eigenvalue weighted by Gasteiger charge is -1.94. The molecule has 0 atom stereocenters. The van der Waals surface area contributed by atoms with Crippen molar-refractivity contribution in [3.05, 3.63) is 48.2 Å². The van der Waals surface area contributed by atoms with Crippen LogP contribution < -0.4 is 0 Å². The van der Waals surface area contributed by atoms with E-state index in [-0.39, 0.29) is 0 Å². The number of hydrogen-bond donors (Lipinski definition) is 0. The van der Waals surface area contributed by atoms with E-state index in [2.05, 4.69) is 9.97 Å². The zero-order chi connectivity index (χ0) is 11.0. The fourth-order valence-electron chi connectivity index (χ4n) is 1.64. The van der Waals surface area contributed by atoms with Crippen molar-refractivity contribution in [2.75, 3.05) is 0 Å². The minimum absolute atomic E-state index is 0.574. The van der Waals surface area contributed by atoms with Gasteiger partial charge in [-0.25, -0.2) is 9.97 Å². The molecule has 78 valence electrons. The van der Waals surface area contributed by atoms with E-state index < -0.39 is 0 Å². The van der Waals surface area contributed by atoms with Gasteiger partial charge in [-0.3, -0.25) is 0 Å².